The van der Waals surface area contributed by atoms with Crippen molar-refractivity contribution in [1.29, 1.82) is 0 Å². The molecule has 1 atom stereocenters. The number of hydrogen-bond donors (Lipinski definition) is 0. The molecule has 1 aromatic heterocycles. The Morgan fingerprint density at radius 1 is 1.27 bits per heavy atom. The Bertz CT molecular complexity index is 302. The third-order valence-corrected chi connectivity index (χ3v) is 1.71. The molecule has 1 rings (SSSR count). The van der Waals surface area contributed by atoms with Crippen molar-refractivity contribution in [2.45, 2.75) is 18.5 Å². The molecule has 0 spiro atoms. The summed E-state index contributed by atoms with van der Waals surface area (Å²) in [4.78, 5) is 0. The van der Waals surface area contributed by atoms with Crippen LogP contribution in [0.15, 0.2) is 18.5 Å². The first-order valence-corrected chi connectivity index (χ1v) is 3.97. The predicted octanol–water partition coefficient (Wildman–Crippen LogP) is 2.83. The standard InChI is InChI=1S/C6H6BF6N2/c8-6(9,10)5(4-7(11,12)13)15-3-1-2-14-15/h1-3,5H,4H2/q-1. The molecular formula is C6H6BF6N2-. The van der Waals surface area contributed by atoms with Crippen molar-refractivity contribution in [3.63, 3.8) is 0 Å². The lowest BCUT2D eigenvalue weighted by Crippen LogP contribution is -2.33. The van der Waals surface area contributed by atoms with Gasteiger partial charge in [-0.2, -0.15) is 18.3 Å². The molecule has 0 aliphatic rings. The average Bonchev–Trinajstić information content (AvgIpc) is 2.47. The van der Waals surface area contributed by atoms with Gasteiger partial charge in [0.1, 0.15) is 6.04 Å². The molecule has 0 aliphatic carbocycles. The van der Waals surface area contributed by atoms with E-state index in [0.717, 1.165) is 18.5 Å². The van der Waals surface area contributed by atoms with Gasteiger partial charge < -0.3 is 12.9 Å². The Morgan fingerprint density at radius 2 is 1.87 bits per heavy atom. The Labute approximate surface area is 80.9 Å². The molecule has 86 valence electrons. The van der Waals surface area contributed by atoms with E-state index in [1.54, 1.807) is 0 Å². The molecule has 1 aromatic rings. The highest BCUT2D eigenvalue weighted by Crippen LogP contribution is 2.37. The summed E-state index contributed by atoms with van der Waals surface area (Å²) in [6, 6.07) is -1.49. The number of aromatic nitrogens is 2. The van der Waals surface area contributed by atoms with Crippen LogP contribution in [0.2, 0.25) is 6.32 Å². The van der Waals surface area contributed by atoms with Gasteiger partial charge in [-0.25, -0.2) is 0 Å². The van der Waals surface area contributed by atoms with Crippen molar-refractivity contribution in [2.75, 3.05) is 0 Å². The minimum Gasteiger partial charge on any atom is -0.449 e. The van der Waals surface area contributed by atoms with Gasteiger partial charge in [-0.3, -0.25) is 4.68 Å². The van der Waals surface area contributed by atoms with Crippen LogP contribution in [0.5, 0.6) is 0 Å². The van der Waals surface area contributed by atoms with E-state index in [1.807, 2.05) is 0 Å². The highest BCUT2D eigenvalue weighted by molar-refractivity contribution is 6.58. The van der Waals surface area contributed by atoms with Gasteiger partial charge in [0.15, 0.2) is 0 Å². The molecule has 0 N–H and O–H groups in total. The van der Waals surface area contributed by atoms with Gasteiger partial charge in [-0.15, -0.1) is 0 Å². The van der Waals surface area contributed by atoms with E-state index < -0.39 is 25.5 Å². The van der Waals surface area contributed by atoms with E-state index in [0.29, 0.717) is 0 Å². The number of rotatable bonds is 3. The molecule has 0 saturated heterocycles. The second-order valence-corrected chi connectivity index (χ2v) is 2.99. The zero-order chi connectivity index (χ0) is 11.7. The Hall–Kier alpha value is -1.15. The lowest BCUT2D eigenvalue weighted by Gasteiger charge is -2.25. The quantitative estimate of drug-likeness (QED) is 0.577. The monoisotopic (exact) mass is 231 g/mol. The van der Waals surface area contributed by atoms with E-state index in [1.165, 1.54) is 0 Å². The van der Waals surface area contributed by atoms with Gasteiger partial charge >= 0.3 is 13.2 Å². The van der Waals surface area contributed by atoms with Crippen LogP contribution in [0.25, 0.3) is 0 Å². The topological polar surface area (TPSA) is 17.8 Å². The summed E-state index contributed by atoms with van der Waals surface area (Å²) in [7, 11) is 0. The highest BCUT2D eigenvalue weighted by atomic mass is 19.4. The zero-order valence-electron chi connectivity index (χ0n) is 7.26. The molecule has 0 aliphatic heterocycles. The molecule has 1 heterocycles. The maximum Gasteiger partial charge on any atom is 0.480 e. The molecule has 0 bridgehead atoms. The van der Waals surface area contributed by atoms with E-state index in [9.17, 15) is 26.1 Å². The van der Waals surface area contributed by atoms with Crippen molar-refractivity contribution < 1.29 is 26.1 Å². The highest BCUT2D eigenvalue weighted by Gasteiger charge is 2.45. The summed E-state index contributed by atoms with van der Waals surface area (Å²) in [6.45, 7) is -5.51. The van der Waals surface area contributed by atoms with E-state index in [-0.39, 0.29) is 4.68 Å². The molecule has 0 saturated carbocycles. The number of hydrogen-bond acceptors (Lipinski definition) is 1. The van der Waals surface area contributed by atoms with Crippen LogP contribution in [0.1, 0.15) is 6.04 Å². The molecule has 9 heteroatoms. The van der Waals surface area contributed by atoms with Gasteiger partial charge in [-0.05, 0) is 6.07 Å². The number of halogens is 6. The molecule has 1 unspecified atom stereocenters. The molecule has 2 nitrogen and oxygen atoms in total. The predicted molar refractivity (Wildman–Crippen MR) is 41.2 cm³/mol. The largest absolute Gasteiger partial charge is 0.480 e. The molecule has 15 heavy (non-hydrogen) atoms. The van der Waals surface area contributed by atoms with Gasteiger partial charge in [0.25, 0.3) is 0 Å². The first-order chi connectivity index (χ1) is 6.70. The first-order valence-electron chi connectivity index (χ1n) is 3.97. The van der Waals surface area contributed by atoms with Crippen LogP contribution in [-0.4, -0.2) is 22.9 Å². The fourth-order valence-electron chi connectivity index (χ4n) is 1.11. The average molecular weight is 231 g/mol. The van der Waals surface area contributed by atoms with Crippen molar-refractivity contribution >= 4 is 6.98 Å². The Kier molecular flexibility index (Phi) is 3.01. The maximum atomic E-state index is 12.3. The second-order valence-electron chi connectivity index (χ2n) is 2.99. The van der Waals surface area contributed by atoms with E-state index >= 15 is 0 Å². The Morgan fingerprint density at radius 3 is 2.20 bits per heavy atom. The SMILES string of the molecule is F[B-](F)(F)CC(n1cccn1)C(F)(F)F. The van der Waals surface area contributed by atoms with Crippen molar-refractivity contribution in [2.24, 2.45) is 0 Å². The van der Waals surface area contributed by atoms with Crippen molar-refractivity contribution in [1.82, 2.24) is 9.78 Å². The van der Waals surface area contributed by atoms with Crippen LogP contribution < -0.4 is 0 Å². The molecule has 0 fully saturated rings. The normalized spacial score (nSPS) is 15.3. The third kappa shape index (κ3) is 3.48. The summed E-state index contributed by atoms with van der Waals surface area (Å²) in [5.41, 5.74) is 0. The first kappa shape index (κ1) is 11.9. The molecule has 0 radical (unpaired) electrons. The molecule has 0 aromatic carbocycles. The van der Waals surface area contributed by atoms with Gasteiger partial charge in [0.05, 0.1) is 0 Å². The zero-order valence-corrected chi connectivity index (χ0v) is 7.26. The number of nitrogens with zero attached hydrogens (tertiary/aromatic N) is 2. The van der Waals surface area contributed by atoms with Gasteiger partial charge in [0, 0.05) is 12.4 Å². The lowest BCUT2D eigenvalue weighted by molar-refractivity contribution is -0.166. The summed E-state index contributed by atoms with van der Waals surface area (Å²) < 4.78 is 72.9. The fraction of sp³-hybridized carbons (Fsp3) is 0.500. The minimum absolute atomic E-state index is 0.273. The van der Waals surface area contributed by atoms with Crippen molar-refractivity contribution in [3.05, 3.63) is 18.5 Å². The summed E-state index contributed by atoms with van der Waals surface area (Å²) >= 11 is 0. The minimum atomic E-state index is -5.51. The van der Waals surface area contributed by atoms with Crippen LogP contribution >= 0.6 is 0 Å². The van der Waals surface area contributed by atoms with E-state index in [2.05, 4.69) is 5.10 Å². The summed E-state index contributed by atoms with van der Waals surface area (Å²) in [5, 5.41) is 3.17. The second kappa shape index (κ2) is 3.78. The summed E-state index contributed by atoms with van der Waals surface area (Å²) in [5.74, 6) is 0. The maximum absolute atomic E-state index is 12.3. The van der Waals surface area contributed by atoms with E-state index in [4.69, 9.17) is 0 Å². The third-order valence-electron chi connectivity index (χ3n) is 1.71. The molecule has 0 amide bonds. The van der Waals surface area contributed by atoms with Gasteiger partial charge in [0.2, 0.25) is 0 Å². The Balaban J connectivity index is 2.90. The smallest absolute Gasteiger partial charge is 0.449 e. The number of alkyl halides is 3. The van der Waals surface area contributed by atoms with Gasteiger partial charge in [-0.1, -0.05) is 6.32 Å². The van der Waals surface area contributed by atoms with Crippen molar-refractivity contribution in [3.8, 4) is 0 Å². The molecular weight excluding hydrogens is 225 g/mol. The lowest BCUT2D eigenvalue weighted by atomic mass is 9.81. The fourth-order valence-corrected chi connectivity index (χ4v) is 1.11. The van der Waals surface area contributed by atoms with Crippen LogP contribution in [0.3, 0.4) is 0 Å². The van der Waals surface area contributed by atoms with Crippen LogP contribution in [0, 0.1) is 0 Å². The summed E-state index contributed by atoms with van der Waals surface area (Å²) in [6.07, 6.45) is -5.00. The van der Waals surface area contributed by atoms with Crippen LogP contribution in [0.4, 0.5) is 26.1 Å². The van der Waals surface area contributed by atoms with Crippen LogP contribution in [-0.2, 0) is 0 Å².